The van der Waals surface area contributed by atoms with Gasteiger partial charge in [0.2, 0.25) is 5.91 Å². The fourth-order valence-electron chi connectivity index (χ4n) is 3.60. The second-order valence-corrected chi connectivity index (χ2v) is 7.44. The standard InChI is InChI=1S/C21H18F4N6O2/c22-14-4-6-15(7-5-14)31-18(21(23,24)25)17(28-29-31)20(33)30-11-8-13(9-12-30)19(32)27-16-3-1-2-10-26-16/h1-7,10,13H,8-9,11-12H2,(H,26,27,32). The molecule has 1 N–H and O–H groups in total. The summed E-state index contributed by atoms with van der Waals surface area (Å²) in [5.41, 5.74) is -2.27. The molecule has 1 saturated heterocycles. The molecule has 3 heterocycles. The van der Waals surface area contributed by atoms with Gasteiger partial charge in [0.05, 0.1) is 5.69 Å². The van der Waals surface area contributed by atoms with Crippen molar-refractivity contribution in [2.24, 2.45) is 5.92 Å². The maximum atomic E-state index is 13.8. The molecular weight excluding hydrogens is 444 g/mol. The molecule has 0 unspecified atom stereocenters. The number of nitrogens with zero attached hydrogens (tertiary/aromatic N) is 5. The summed E-state index contributed by atoms with van der Waals surface area (Å²) in [6.07, 6.45) is -2.84. The summed E-state index contributed by atoms with van der Waals surface area (Å²) in [6, 6.07) is 9.26. The van der Waals surface area contributed by atoms with Crippen LogP contribution in [0.5, 0.6) is 0 Å². The predicted molar refractivity (Wildman–Crippen MR) is 108 cm³/mol. The van der Waals surface area contributed by atoms with Crippen molar-refractivity contribution >= 4 is 17.6 Å². The lowest BCUT2D eigenvalue weighted by Crippen LogP contribution is -2.42. The Morgan fingerprint density at radius 2 is 1.73 bits per heavy atom. The predicted octanol–water partition coefficient (Wildman–Crippen LogP) is 3.31. The van der Waals surface area contributed by atoms with E-state index in [0.717, 1.165) is 24.3 Å². The zero-order chi connectivity index (χ0) is 23.6. The number of halogens is 4. The van der Waals surface area contributed by atoms with Crippen LogP contribution in [0, 0.1) is 11.7 Å². The molecule has 1 fully saturated rings. The Morgan fingerprint density at radius 3 is 2.33 bits per heavy atom. The lowest BCUT2D eigenvalue weighted by molar-refractivity contribution is -0.143. The average molecular weight is 462 g/mol. The Kier molecular flexibility index (Phi) is 6.07. The Balaban J connectivity index is 1.49. The van der Waals surface area contributed by atoms with Crippen LogP contribution in [0.1, 0.15) is 29.0 Å². The number of benzene rings is 1. The molecule has 0 bridgehead atoms. The summed E-state index contributed by atoms with van der Waals surface area (Å²) in [7, 11) is 0. The molecular formula is C21H18F4N6O2. The monoisotopic (exact) mass is 462 g/mol. The molecule has 0 radical (unpaired) electrons. The Bertz CT molecular complexity index is 1140. The first-order valence-corrected chi connectivity index (χ1v) is 10.0. The molecule has 3 aromatic rings. The molecule has 0 aliphatic carbocycles. The molecule has 0 atom stereocenters. The highest BCUT2D eigenvalue weighted by molar-refractivity contribution is 5.94. The summed E-state index contributed by atoms with van der Waals surface area (Å²) < 4.78 is 55.1. The molecule has 2 amide bonds. The lowest BCUT2D eigenvalue weighted by atomic mass is 9.95. The van der Waals surface area contributed by atoms with E-state index in [-0.39, 0.29) is 37.5 Å². The van der Waals surface area contributed by atoms with Crippen LogP contribution in [-0.4, -0.2) is 49.8 Å². The van der Waals surface area contributed by atoms with Crippen LogP contribution in [-0.2, 0) is 11.0 Å². The summed E-state index contributed by atoms with van der Waals surface area (Å²) >= 11 is 0. The number of rotatable bonds is 4. The van der Waals surface area contributed by atoms with Gasteiger partial charge in [0.25, 0.3) is 5.91 Å². The van der Waals surface area contributed by atoms with Crippen molar-refractivity contribution in [3.63, 3.8) is 0 Å². The van der Waals surface area contributed by atoms with Crippen LogP contribution in [0.2, 0.25) is 0 Å². The van der Waals surface area contributed by atoms with E-state index in [0.29, 0.717) is 10.5 Å². The largest absolute Gasteiger partial charge is 0.435 e. The van der Waals surface area contributed by atoms with E-state index in [2.05, 4.69) is 20.6 Å². The number of hydrogen-bond donors (Lipinski definition) is 1. The molecule has 172 valence electrons. The third-order valence-electron chi connectivity index (χ3n) is 5.28. The number of piperidine rings is 1. The van der Waals surface area contributed by atoms with Crippen LogP contribution in [0.3, 0.4) is 0 Å². The topological polar surface area (TPSA) is 93.0 Å². The van der Waals surface area contributed by atoms with Gasteiger partial charge in [-0.05, 0) is 49.2 Å². The second-order valence-electron chi connectivity index (χ2n) is 7.44. The minimum absolute atomic E-state index is 0.0832. The Labute approximate surface area is 185 Å². The van der Waals surface area contributed by atoms with E-state index in [9.17, 15) is 27.2 Å². The van der Waals surface area contributed by atoms with Gasteiger partial charge in [-0.25, -0.2) is 14.1 Å². The number of carbonyl (C=O) groups excluding carboxylic acids is 2. The highest BCUT2D eigenvalue weighted by Gasteiger charge is 2.43. The molecule has 33 heavy (non-hydrogen) atoms. The van der Waals surface area contributed by atoms with Crippen molar-refractivity contribution < 1.29 is 27.2 Å². The molecule has 8 nitrogen and oxygen atoms in total. The minimum Gasteiger partial charge on any atom is -0.337 e. The maximum absolute atomic E-state index is 13.8. The van der Waals surface area contributed by atoms with Gasteiger partial charge >= 0.3 is 6.18 Å². The number of alkyl halides is 3. The number of likely N-dealkylation sites (tertiary alicyclic amines) is 1. The molecule has 1 aliphatic rings. The van der Waals surface area contributed by atoms with Crippen LogP contribution in [0.25, 0.3) is 5.69 Å². The summed E-state index contributed by atoms with van der Waals surface area (Å²) in [6.45, 7) is 0.166. The summed E-state index contributed by atoms with van der Waals surface area (Å²) in [5.74, 6) is -1.83. The van der Waals surface area contributed by atoms with Crippen molar-refractivity contribution in [1.82, 2.24) is 24.9 Å². The molecule has 1 aromatic carbocycles. The first-order valence-electron chi connectivity index (χ1n) is 10.0. The quantitative estimate of drug-likeness (QED) is 0.601. The van der Waals surface area contributed by atoms with Crippen molar-refractivity contribution in [2.75, 3.05) is 18.4 Å². The van der Waals surface area contributed by atoms with Crippen molar-refractivity contribution in [1.29, 1.82) is 0 Å². The number of hydrogen-bond acceptors (Lipinski definition) is 5. The Hall–Kier alpha value is -3.83. The van der Waals surface area contributed by atoms with Gasteiger partial charge in [-0.3, -0.25) is 9.59 Å². The van der Waals surface area contributed by atoms with Crippen LogP contribution in [0.15, 0.2) is 48.7 Å². The summed E-state index contributed by atoms with van der Waals surface area (Å²) in [4.78, 5) is 30.5. The fraction of sp³-hybridized carbons (Fsp3) is 0.286. The molecule has 0 saturated carbocycles. The highest BCUT2D eigenvalue weighted by atomic mass is 19.4. The van der Waals surface area contributed by atoms with Gasteiger partial charge in [0.15, 0.2) is 11.4 Å². The zero-order valence-corrected chi connectivity index (χ0v) is 17.1. The van der Waals surface area contributed by atoms with Crippen LogP contribution in [0.4, 0.5) is 23.4 Å². The molecule has 1 aliphatic heterocycles. The van der Waals surface area contributed by atoms with E-state index in [1.165, 1.54) is 11.1 Å². The van der Waals surface area contributed by atoms with E-state index in [4.69, 9.17) is 0 Å². The molecule has 2 aromatic heterocycles. The van der Waals surface area contributed by atoms with E-state index in [1.807, 2.05) is 0 Å². The number of pyridine rings is 1. The SMILES string of the molecule is O=C(Nc1ccccn1)C1CCN(C(=O)c2nnn(-c3ccc(F)cc3)c2C(F)(F)F)CC1. The van der Waals surface area contributed by atoms with Gasteiger partial charge in [0, 0.05) is 25.2 Å². The number of aromatic nitrogens is 4. The fourth-order valence-corrected chi connectivity index (χ4v) is 3.60. The van der Waals surface area contributed by atoms with Crippen molar-refractivity contribution in [2.45, 2.75) is 19.0 Å². The zero-order valence-electron chi connectivity index (χ0n) is 17.1. The maximum Gasteiger partial charge on any atom is 0.435 e. The van der Waals surface area contributed by atoms with Gasteiger partial charge in [-0.15, -0.1) is 5.10 Å². The summed E-state index contributed by atoms with van der Waals surface area (Å²) in [5, 5.41) is 9.67. The number of anilines is 1. The first-order chi connectivity index (χ1) is 15.7. The molecule has 4 rings (SSSR count). The van der Waals surface area contributed by atoms with Crippen LogP contribution >= 0.6 is 0 Å². The van der Waals surface area contributed by atoms with Crippen LogP contribution < -0.4 is 5.32 Å². The van der Waals surface area contributed by atoms with E-state index in [1.54, 1.807) is 18.2 Å². The normalized spacial score (nSPS) is 14.8. The number of nitrogens with one attached hydrogen (secondary N) is 1. The van der Waals surface area contributed by atoms with Crippen molar-refractivity contribution in [3.8, 4) is 5.69 Å². The third kappa shape index (κ3) is 4.83. The van der Waals surface area contributed by atoms with Gasteiger partial charge in [0.1, 0.15) is 11.6 Å². The molecule has 12 heteroatoms. The number of amides is 2. The smallest absolute Gasteiger partial charge is 0.337 e. The molecule has 0 spiro atoms. The van der Waals surface area contributed by atoms with Crippen molar-refractivity contribution in [3.05, 3.63) is 65.9 Å². The van der Waals surface area contributed by atoms with E-state index < -0.39 is 35.2 Å². The van der Waals surface area contributed by atoms with E-state index >= 15 is 0 Å². The van der Waals surface area contributed by atoms with Gasteiger partial charge < -0.3 is 10.2 Å². The average Bonchev–Trinajstić information content (AvgIpc) is 3.26. The van der Waals surface area contributed by atoms with Gasteiger partial charge in [-0.2, -0.15) is 13.2 Å². The second kappa shape index (κ2) is 8.96. The minimum atomic E-state index is -4.93. The first kappa shape index (κ1) is 22.4. The van der Waals surface area contributed by atoms with Gasteiger partial charge in [-0.1, -0.05) is 11.3 Å². The third-order valence-corrected chi connectivity index (χ3v) is 5.28. The number of carbonyl (C=O) groups is 2. The lowest BCUT2D eigenvalue weighted by Gasteiger charge is -2.31. The highest BCUT2D eigenvalue weighted by Crippen LogP contribution is 2.33. The Morgan fingerprint density at radius 1 is 1.03 bits per heavy atom.